The van der Waals surface area contributed by atoms with Crippen LogP contribution in [0.25, 0.3) is 0 Å². The molecule has 0 aromatic rings. The van der Waals surface area contributed by atoms with Gasteiger partial charge < -0.3 is 32.7 Å². The van der Waals surface area contributed by atoms with Gasteiger partial charge in [0.25, 0.3) is 9.05 Å². The molecule has 0 amide bonds. The number of carboxylic acid groups (broad SMARTS) is 4. The highest BCUT2D eigenvalue weighted by Gasteiger charge is 2.17. The lowest BCUT2D eigenvalue weighted by molar-refractivity contribution is -0.145. The van der Waals surface area contributed by atoms with Crippen LogP contribution in [-0.2, 0) is 39.4 Å². The molecule has 0 rings (SSSR count). The molecule has 0 aliphatic rings. The second-order valence-electron chi connectivity index (χ2n) is 4.44. The van der Waals surface area contributed by atoms with Gasteiger partial charge in [0.05, 0.1) is 26.2 Å². The number of hydrogen-bond acceptors (Lipinski definition) is 10. The third-order valence-electron chi connectivity index (χ3n) is 2.17. The Bertz CT molecular complexity index is 508. The lowest BCUT2D eigenvalue weighted by Gasteiger charge is -2.23. The van der Waals surface area contributed by atoms with E-state index in [9.17, 15) is 19.2 Å². The summed E-state index contributed by atoms with van der Waals surface area (Å²) >= 11 is 3.47. The lowest BCUT2D eigenvalue weighted by Crippen LogP contribution is -2.43. The Morgan fingerprint density at radius 1 is 0.667 bits per heavy atom. The van der Waals surface area contributed by atoms with Crippen LogP contribution in [0.3, 0.4) is 0 Å². The van der Waals surface area contributed by atoms with E-state index in [-0.39, 0.29) is 25.4 Å². The average molecular weight is 440 g/mol. The van der Waals surface area contributed by atoms with E-state index in [2.05, 4.69) is 11.2 Å². The van der Waals surface area contributed by atoms with Crippen LogP contribution in [0.5, 0.6) is 0 Å². The molecule has 0 heterocycles. The van der Waals surface area contributed by atoms with Crippen LogP contribution >= 0.6 is 0 Å². The molecule has 0 saturated heterocycles. The molecule has 0 bridgehead atoms. The van der Waals surface area contributed by atoms with E-state index in [4.69, 9.17) is 33.7 Å². The largest absolute Gasteiger partial charge is 0.480 e. The molecule has 0 atom stereocenters. The van der Waals surface area contributed by atoms with E-state index < -0.39 is 59.1 Å². The summed E-state index contributed by atoms with van der Waals surface area (Å²) < 4.78 is 24.0. The number of carbonyl (C=O) groups is 4. The van der Waals surface area contributed by atoms with E-state index in [0.29, 0.717) is 0 Å². The molecule has 15 nitrogen and oxygen atoms in total. The Kier molecular flexibility index (Phi) is 19.6. The van der Waals surface area contributed by atoms with E-state index in [1.54, 1.807) is 0 Å². The normalized spacial score (nSPS) is 10.1. The van der Waals surface area contributed by atoms with Gasteiger partial charge in [-0.3, -0.25) is 38.1 Å². The van der Waals surface area contributed by atoms with E-state index in [1.165, 1.54) is 0 Å². The summed E-state index contributed by atoms with van der Waals surface area (Å²) in [7, 11) is -3.83. The van der Waals surface area contributed by atoms with Crippen LogP contribution in [0.15, 0.2) is 0 Å². The fourth-order valence-corrected chi connectivity index (χ4v) is 1.48. The lowest BCUT2D eigenvalue weighted by atomic mass is 10.4. The maximum Gasteiger partial charge on any atom is 0.317 e. The van der Waals surface area contributed by atoms with Crippen molar-refractivity contribution < 1.29 is 52.9 Å². The molecule has 0 aliphatic heterocycles. The van der Waals surface area contributed by atoms with Gasteiger partial charge in [-0.05, 0) is 0 Å². The summed E-state index contributed by atoms with van der Waals surface area (Å²) in [5.74, 6) is -4.91. The Labute approximate surface area is 159 Å². The second kappa shape index (κ2) is 16.2. The first-order chi connectivity index (χ1) is 11.2. The van der Waals surface area contributed by atoms with Gasteiger partial charge in [0.1, 0.15) is 0 Å². The second-order valence-corrected chi connectivity index (χ2v) is 6.64. The van der Waals surface area contributed by atoms with Gasteiger partial charge >= 0.3 is 23.9 Å². The first-order valence-electron chi connectivity index (χ1n) is 6.22. The summed E-state index contributed by atoms with van der Waals surface area (Å²) in [6.07, 6.45) is 0. The molecule has 27 heavy (non-hydrogen) atoms. The smallest absolute Gasteiger partial charge is 0.317 e. The van der Waals surface area contributed by atoms with Crippen molar-refractivity contribution in [3.05, 3.63) is 0 Å². The third-order valence-corrected chi connectivity index (χ3v) is 2.17. The van der Waals surface area contributed by atoms with Crippen LogP contribution in [0, 0.1) is 0 Å². The zero-order valence-electron chi connectivity index (χ0n) is 14.1. The Balaban J connectivity index is -0.000000333. The number of rotatable bonds is 11. The van der Waals surface area contributed by atoms with Crippen molar-refractivity contribution in [1.29, 1.82) is 0 Å². The predicted octanol–water partition coefficient (Wildman–Crippen LogP) is -2.07. The molecule has 0 unspecified atom stereocenters. The van der Waals surface area contributed by atoms with Crippen LogP contribution in [0.1, 0.15) is 0 Å². The molecule has 17 heteroatoms. The van der Waals surface area contributed by atoms with Crippen LogP contribution < -0.4 is 12.3 Å². The average Bonchev–Trinajstić information content (AvgIpc) is 2.30. The molecule has 0 fully saturated rings. The quantitative estimate of drug-likeness (QED) is 0.171. The summed E-state index contributed by atoms with van der Waals surface area (Å²) in [5, 5.41) is 34.5. The van der Waals surface area contributed by atoms with Gasteiger partial charge in [-0.15, -0.1) is 0 Å². The van der Waals surface area contributed by atoms with Gasteiger partial charge in [-0.1, -0.05) is 0 Å². The molecule has 0 spiro atoms. The molecule has 162 valence electrons. The summed E-state index contributed by atoms with van der Waals surface area (Å²) in [4.78, 5) is 44.4. The summed E-state index contributed by atoms with van der Waals surface area (Å²) in [6.45, 7) is -2.25. The van der Waals surface area contributed by atoms with Crippen molar-refractivity contribution in [3.63, 3.8) is 0 Å². The molecule has 12 N–H and O–H groups in total. The van der Waals surface area contributed by atoms with Gasteiger partial charge in [0.15, 0.2) is 0 Å². The standard InChI is InChI=1S/C10H16N2O8.2H3N.H2O3S2/c13-7(14)3-11(4-8(15)16)1-2-12(5-9(17)18)6-10(19)20;;;1-5(2,3)4/h1-6H2,(H,13,14)(H,15,16)(H,17,18)(H,19,20);2*1H3;(H2,1,2,3,4). The monoisotopic (exact) mass is 440 g/mol. The van der Waals surface area contributed by atoms with Gasteiger partial charge in [-0.2, -0.15) is 4.21 Å². The highest BCUT2D eigenvalue weighted by Crippen LogP contribution is 1.94. The number of nitrogens with zero attached hydrogens (tertiary/aromatic N) is 2. The first-order valence-corrected chi connectivity index (χ1v) is 8.62. The van der Waals surface area contributed by atoms with Gasteiger partial charge in [0, 0.05) is 24.3 Å². The predicted molar refractivity (Wildman–Crippen MR) is 94.2 cm³/mol. The molecule has 0 aromatic carbocycles. The molecule has 0 aliphatic carbocycles. The topological polar surface area (TPSA) is 283 Å². The van der Waals surface area contributed by atoms with Crippen LogP contribution in [0.4, 0.5) is 0 Å². The fourth-order valence-electron chi connectivity index (χ4n) is 1.48. The van der Waals surface area contributed by atoms with Gasteiger partial charge in [-0.25, -0.2) is 0 Å². The zero-order valence-corrected chi connectivity index (χ0v) is 15.7. The van der Waals surface area contributed by atoms with Crippen molar-refractivity contribution in [3.8, 4) is 0 Å². The Morgan fingerprint density at radius 3 is 0.926 bits per heavy atom. The number of carboxylic acids is 4. The van der Waals surface area contributed by atoms with Crippen molar-refractivity contribution in [1.82, 2.24) is 22.1 Å². The third kappa shape index (κ3) is 32.2. The summed E-state index contributed by atoms with van der Waals surface area (Å²) in [5.41, 5.74) is 0. The van der Waals surface area contributed by atoms with E-state index >= 15 is 0 Å². The molecule has 0 aromatic heterocycles. The van der Waals surface area contributed by atoms with Crippen molar-refractivity contribution in [2.45, 2.75) is 0 Å². The molecular formula is C10H24N4O11S2. The Hall–Kier alpha value is -1.99. The SMILES string of the molecule is N.N.O=C(O)CN(CCN(CC(=O)O)CC(=O)O)CC(=O)O.O=S(O)(O)=S. The van der Waals surface area contributed by atoms with E-state index in [1.807, 2.05) is 0 Å². The number of hydrogen-bond donors (Lipinski definition) is 8. The summed E-state index contributed by atoms with van der Waals surface area (Å²) in [6, 6.07) is 0. The number of aliphatic carboxylic acids is 4. The molecular weight excluding hydrogens is 416 g/mol. The van der Waals surface area contributed by atoms with Crippen molar-refractivity contribution >= 4 is 44.1 Å². The minimum atomic E-state index is -3.83. The highest BCUT2D eigenvalue weighted by atomic mass is 32.9. The van der Waals surface area contributed by atoms with Crippen LogP contribution in [-0.4, -0.2) is 107 Å². The molecule has 0 radical (unpaired) electrons. The highest BCUT2D eigenvalue weighted by molar-refractivity contribution is 8.26. The van der Waals surface area contributed by atoms with Crippen molar-refractivity contribution in [2.24, 2.45) is 0 Å². The Morgan fingerprint density at radius 2 is 0.815 bits per heavy atom. The zero-order chi connectivity index (χ0) is 20.2. The van der Waals surface area contributed by atoms with Gasteiger partial charge in [0.2, 0.25) is 0 Å². The van der Waals surface area contributed by atoms with E-state index in [0.717, 1.165) is 9.80 Å². The minimum Gasteiger partial charge on any atom is -0.480 e. The molecule has 0 saturated carbocycles. The fraction of sp³-hybridized carbons (Fsp3) is 0.600. The maximum atomic E-state index is 10.6. The maximum absolute atomic E-state index is 10.6. The van der Waals surface area contributed by atoms with Crippen molar-refractivity contribution in [2.75, 3.05) is 39.3 Å². The first kappa shape index (κ1) is 32.7. The minimum absolute atomic E-state index is 0. The van der Waals surface area contributed by atoms with Crippen LogP contribution in [0.2, 0.25) is 0 Å².